The van der Waals surface area contributed by atoms with E-state index in [-0.39, 0.29) is 36.0 Å². The first-order chi connectivity index (χ1) is 15.6. The Kier molecular flexibility index (Phi) is 6.37. The monoisotopic (exact) mass is 474 g/mol. The summed E-state index contributed by atoms with van der Waals surface area (Å²) in [6.07, 6.45) is -5.57. The third kappa shape index (κ3) is 5.14. The topological polar surface area (TPSA) is 34.6 Å². The SMILES string of the molecule is CCCOc1cc(C(F)(F)F)ccc1O[C@@H]1[C@@H]2CC[C@H]1CN(c1ccc(C(F)(F)F)nc1)C2. The van der Waals surface area contributed by atoms with E-state index >= 15 is 0 Å². The predicted molar refractivity (Wildman–Crippen MR) is 109 cm³/mol. The summed E-state index contributed by atoms with van der Waals surface area (Å²) in [7, 11) is 0. The number of halogens is 6. The summed E-state index contributed by atoms with van der Waals surface area (Å²) in [5.74, 6) is 0.531. The van der Waals surface area contributed by atoms with Crippen LogP contribution in [0.15, 0.2) is 36.5 Å². The van der Waals surface area contributed by atoms with Gasteiger partial charge in [-0.3, -0.25) is 0 Å². The van der Waals surface area contributed by atoms with Gasteiger partial charge in [0.05, 0.1) is 24.1 Å². The van der Waals surface area contributed by atoms with Gasteiger partial charge in [-0.05, 0) is 49.6 Å². The van der Waals surface area contributed by atoms with E-state index in [2.05, 4.69) is 4.98 Å². The minimum atomic E-state index is -4.49. The van der Waals surface area contributed by atoms with Gasteiger partial charge < -0.3 is 14.4 Å². The van der Waals surface area contributed by atoms with Crippen molar-refractivity contribution in [3.63, 3.8) is 0 Å². The van der Waals surface area contributed by atoms with Crippen molar-refractivity contribution in [3.8, 4) is 11.5 Å². The molecule has 0 radical (unpaired) electrons. The highest BCUT2D eigenvalue weighted by atomic mass is 19.4. The van der Waals surface area contributed by atoms with Crippen LogP contribution in [0.1, 0.15) is 37.4 Å². The summed E-state index contributed by atoms with van der Waals surface area (Å²) in [6.45, 7) is 3.27. The molecule has 0 spiro atoms. The zero-order chi connectivity index (χ0) is 23.8. The van der Waals surface area contributed by atoms with Gasteiger partial charge in [0.2, 0.25) is 0 Å². The molecule has 0 N–H and O–H groups in total. The van der Waals surface area contributed by atoms with Gasteiger partial charge in [-0.25, -0.2) is 4.98 Å². The van der Waals surface area contributed by atoms with Crippen molar-refractivity contribution in [1.82, 2.24) is 4.98 Å². The summed E-state index contributed by atoms with van der Waals surface area (Å²) >= 11 is 0. The first-order valence-corrected chi connectivity index (χ1v) is 10.8. The van der Waals surface area contributed by atoms with E-state index in [4.69, 9.17) is 9.47 Å². The van der Waals surface area contributed by atoms with Gasteiger partial charge in [0.25, 0.3) is 0 Å². The van der Waals surface area contributed by atoms with Crippen molar-refractivity contribution >= 4 is 5.69 Å². The van der Waals surface area contributed by atoms with Crippen LogP contribution in [-0.2, 0) is 12.4 Å². The summed E-state index contributed by atoms with van der Waals surface area (Å²) in [5.41, 5.74) is -1.12. The molecule has 4 rings (SSSR count). The van der Waals surface area contributed by atoms with Crippen molar-refractivity contribution in [2.24, 2.45) is 11.8 Å². The molecule has 1 aliphatic carbocycles. The fourth-order valence-electron chi connectivity index (χ4n) is 4.57. The van der Waals surface area contributed by atoms with E-state index < -0.39 is 23.6 Å². The Balaban J connectivity index is 1.49. The van der Waals surface area contributed by atoms with Crippen molar-refractivity contribution in [2.75, 3.05) is 24.6 Å². The number of anilines is 1. The smallest absolute Gasteiger partial charge is 0.433 e. The molecule has 10 heteroatoms. The van der Waals surface area contributed by atoms with Crippen LogP contribution >= 0.6 is 0 Å². The second-order valence-corrected chi connectivity index (χ2v) is 8.49. The number of rotatable bonds is 6. The van der Waals surface area contributed by atoms with Gasteiger partial charge in [0.15, 0.2) is 11.5 Å². The van der Waals surface area contributed by atoms with Crippen LogP contribution in [0.2, 0.25) is 0 Å². The zero-order valence-electron chi connectivity index (χ0n) is 17.9. The molecule has 4 nitrogen and oxygen atoms in total. The Bertz CT molecular complexity index is 947. The number of ether oxygens (including phenoxy) is 2. The number of aromatic nitrogens is 1. The van der Waals surface area contributed by atoms with Gasteiger partial charge in [-0.2, -0.15) is 26.3 Å². The van der Waals surface area contributed by atoms with Crippen LogP contribution in [0.3, 0.4) is 0 Å². The number of piperidine rings is 1. The van der Waals surface area contributed by atoms with Gasteiger partial charge in [0.1, 0.15) is 11.8 Å². The largest absolute Gasteiger partial charge is 0.490 e. The molecule has 180 valence electrons. The van der Waals surface area contributed by atoms with Crippen molar-refractivity contribution in [3.05, 3.63) is 47.8 Å². The lowest BCUT2D eigenvalue weighted by molar-refractivity contribution is -0.141. The lowest BCUT2D eigenvalue weighted by atomic mass is 9.94. The Morgan fingerprint density at radius 3 is 2.18 bits per heavy atom. The van der Waals surface area contributed by atoms with Crippen LogP contribution in [0, 0.1) is 11.8 Å². The summed E-state index contributed by atoms with van der Waals surface area (Å²) < 4.78 is 89.5. The van der Waals surface area contributed by atoms with Gasteiger partial charge >= 0.3 is 12.4 Å². The summed E-state index contributed by atoms with van der Waals surface area (Å²) in [4.78, 5) is 5.54. The van der Waals surface area contributed by atoms with E-state index in [0.29, 0.717) is 25.2 Å². The van der Waals surface area contributed by atoms with Crippen molar-refractivity contribution < 1.29 is 35.8 Å². The van der Waals surface area contributed by atoms with Gasteiger partial charge in [-0.15, -0.1) is 0 Å². The van der Waals surface area contributed by atoms with Crippen LogP contribution in [-0.4, -0.2) is 30.8 Å². The highest BCUT2D eigenvalue weighted by Gasteiger charge is 2.44. The fourth-order valence-corrected chi connectivity index (χ4v) is 4.57. The molecule has 0 unspecified atom stereocenters. The lowest BCUT2D eigenvalue weighted by Crippen LogP contribution is -2.47. The number of hydrogen-bond donors (Lipinski definition) is 0. The van der Waals surface area contributed by atoms with E-state index in [1.165, 1.54) is 18.3 Å². The molecule has 2 fully saturated rings. The Morgan fingerprint density at radius 1 is 0.939 bits per heavy atom. The first-order valence-electron chi connectivity index (χ1n) is 10.8. The van der Waals surface area contributed by atoms with E-state index in [1.54, 1.807) is 0 Å². The maximum absolute atomic E-state index is 13.1. The lowest BCUT2D eigenvalue weighted by Gasteiger charge is -2.39. The molecule has 1 aliphatic heterocycles. The number of pyridine rings is 1. The van der Waals surface area contributed by atoms with Gasteiger partial charge in [0, 0.05) is 24.9 Å². The molecule has 2 aliphatic rings. The van der Waals surface area contributed by atoms with Crippen molar-refractivity contribution in [2.45, 2.75) is 44.6 Å². The van der Waals surface area contributed by atoms with Crippen LogP contribution in [0.25, 0.3) is 0 Å². The number of benzene rings is 1. The molecule has 2 aromatic rings. The average molecular weight is 474 g/mol. The maximum Gasteiger partial charge on any atom is 0.433 e. The average Bonchev–Trinajstić information content (AvgIpc) is 2.98. The molecule has 0 amide bonds. The highest BCUT2D eigenvalue weighted by molar-refractivity contribution is 5.47. The second kappa shape index (κ2) is 8.95. The molecule has 2 heterocycles. The van der Waals surface area contributed by atoms with E-state index in [0.717, 1.165) is 31.0 Å². The Morgan fingerprint density at radius 2 is 1.64 bits per heavy atom. The number of nitrogens with zero attached hydrogens (tertiary/aromatic N) is 2. The summed E-state index contributed by atoms with van der Waals surface area (Å²) in [5, 5.41) is 0. The fraction of sp³-hybridized carbons (Fsp3) is 0.522. The highest BCUT2D eigenvalue weighted by Crippen LogP contribution is 2.44. The molecular weight excluding hydrogens is 450 g/mol. The standard InChI is InChI=1S/C23H24F6N2O2/c1-2-9-32-19-10-16(22(24,25)26)5-7-18(19)33-21-14-3-4-15(21)13-31(12-14)17-6-8-20(30-11-17)23(27,28)29/h5-8,10-11,14-15,21H,2-4,9,12-13H2,1H3/t14-,15+,21-. The third-order valence-electron chi connectivity index (χ3n) is 6.15. The van der Waals surface area contributed by atoms with Crippen LogP contribution in [0.4, 0.5) is 32.0 Å². The molecule has 2 bridgehead atoms. The quantitative estimate of drug-likeness (QED) is 0.467. The third-order valence-corrected chi connectivity index (χ3v) is 6.15. The molecular formula is C23H24F6N2O2. The van der Waals surface area contributed by atoms with Crippen LogP contribution in [0.5, 0.6) is 11.5 Å². The minimum absolute atomic E-state index is 0.0699. The second-order valence-electron chi connectivity index (χ2n) is 8.49. The molecule has 3 atom stereocenters. The molecule has 1 aromatic heterocycles. The Hall–Kier alpha value is -2.65. The van der Waals surface area contributed by atoms with Crippen LogP contribution < -0.4 is 14.4 Å². The van der Waals surface area contributed by atoms with E-state index in [1.807, 2.05) is 11.8 Å². The number of alkyl halides is 6. The van der Waals surface area contributed by atoms with E-state index in [9.17, 15) is 26.3 Å². The molecule has 33 heavy (non-hydrogen) atoms. The normalized spacial score (nSPS) is 23.0. The maximum atomic E-state index is 13.1. The summed E-state index contributed by atoms with van der Waals surface area (Å²) in [6, 6.07) is 5.65. The Labute approximate surface area is 187 Å². The number of hydrogen-bond acceptors (Lipinski definition) is 4. The van der Waals surface area contributed by atoms with Gasteiger partial charge in [-0.1, -0.05) is 6.92 Å². The zero-order valence-corrected chi connectivity index (χ0v) is 17.9. The molecule has 1 aromatic carbocycles. The molecule has 1 saturated carbocycles. The minimum Gasteiger partial charge on any atom is -0.490 e. The number of fused-ring (bicyclic) bond motifs is 2. The predicted octanol–water partition coefficient (Wildman–Crippen LogP) is 6.20. The molecule has 1 saturated heterocycles. The van der Waals surface area contributed by atoms with Crippen molar-refractivity contribution in [1.29, 1.82) is 0 Å². The first kappa shape index (κ1) is 23.5.